The van der Waals surface area contributed by atoms with Gasteiger partial charge in [0.15, 0.2) is 0 Å². The van der Waals surface area contributed by atoms with Gasteiger partial charge >= 0.3 is 0 Å². The minimum Gasteiger partial charge on any atom is -0.311 e. The molecule has 4 nitrogen and oxygen atoms in total. The normalized spacial score (nSPS) is 11.0. The van der Waals surface area contributed by atoms with Gasteiger partial charge in [0.2, 0.25) is 5.91 Å². The first kappa shape index (κ1) is 14.3. The fraction of sp³-hybridized carbons (Fsp3) is 0.571. The molecule has 0 atom stereocenters. The number of rotatable bonds is 5. The molecule has 0 fully saturated rings. The molecule has 0 aromatic carbocycles. The van der Waals surface area contributed by atoms with E-state index in [9.17, 15) is 4.79 Å². The lowest BCUT2D eigenvalue weighted by molar-refractivity contribution is -0.116. The van der Waals surface area contributed by atoms with E-state index in [1.165, 1.54) is 0 Å². The Labute approximate surface area is 109 Å². The molecule has 1 aromatic heterocycles. The minimum absolute atomic E-state index is 0.0121. The summed E-state index contributed by atoms with van der Waals surface area (Å²) in [5, 5.41) is 7.11. The topological polar surface area (TPSA) is 46.9 Å². The quantitative estimate of drug-likeness (QED) is 0.642. The number of hydrogen-bond acceptors (Lipinski definition) is 2. The Balaban J connectivity index is 2.50. The van der Waals surface area contributed by atoms with Crippen molar-refractivity contribution in [2.45, 2.75) is 52.0 Å². The maximum atomic E-state index is 11.7. The van der Waals surface area contributed by atoms with Crippen molar-refractivity contribution >= 4 is 11.7 Å². The van der Waals surface area contributed by atoms with Crippen LogP contribution in [-0.2, 0) is 10.3 Å². The maximum absolute atomic E-state index is 11.7. The predicted molar refractivity (Wildman–Crippen MR) is 73.2 cm³/mol. The Morgan fingerprint density at radius 2 is 2.22 bits per heavy atom. The maximum Gasteiger partial charge on any atom is 0.225 e. The molecule has 0 unspecified atom stereocenters. The van der Waals surface area contributed by atoms with Crippen LogP contribution in [0.5, 0.6) is 0 Å². The van der Waals surface area contributed by atoms with E-state index in [1.807, 2.05) is 31.5 Å². The summed E-state index contributed by atoms with van der Waals surface area (Å²) < 4.78 is 1.81. The molecule has 0 radical (unpaired) electrons. The molecule has 0 bridgehead atoms. The first-order valence-electron chi connectivity index (χ1n) is 6.23. The number of aromatic nitrogens is 2. The molecule has 18 heavy (non-hydrogen) atoms. The summed E-state index contributed by atoms with van der Waals surface area (Å²) >= 11 is 0. The fourth-order valence-corrected chi connectivity index (χ4v) is 1.65. The number of nitrogens with one attached hydrogen (secondary N) is 1. The second kappa shape index (κ2) is 6.25. The van der Waals surface area contributed by atoms with E-state index < -0.39 is 0 Å². The number of amides is 1. The van der Waals surface area contributed by atoms with Crippen molar-refractivity contribution in [1.29, 1.82) is 0 Å². The molecule has 1 rings (SSSR count). The van der Waals surface area contributed by atoms with E-state index in [0.29, 0.717) is 6.42 Å². The molecule has 1 heterocycles. The van der Waals surface area contributed by atoms with Crippen LogP contribution in [0.15, 0.2) is 12.3 Å². The standard InChI is InChI=1S/C14H21N3O/c1-5-6-7-8-9-13(18)16-12-10-11-15-17(12)14(2,3)4/h1,10-11H,6-9H2,2-4H3,(H,16,18). The van der Waals surface area contributed by atoms with E-state index in [2.05, 4.69) is 16.3 Å². The van der Waals surface area contributed by atoms with Gasteiger partial charge in [-0.2, -0.15) is 5.10 Å². The third-order valence-corrected chi connectivity index (χ3v) is 2.52. The summed E-state index contributed by atoms with van der Waals surface area (Å²) in [5.74, 6) is 3.32. The van der Waals surface area contributed by atoms with Crippen molar-refractivity contribution in [1.82, 2.24) is 9.78 Å². The largest absolute Gasteiger partial charge is 0.311 e. The molecule has 0 saturated heterocycles. The van der Waals surface area contributed by atoms with E-state index >= 15 is 0 Å². The summed E-state index contributed by atoms with van der Waals surface area (Å²) in [4.78, 5) is 11.7. The van der Waals surface area contributed by atoms with Crippen LogP contribution in [0, 0.1) is 12.3 Å². The summed E-state index contributed by atoms with van der Waals surface area (Å²) in [5.41, 5.74) is -0.143. The average Bonchev–Trinajstić information content (AvgIpc) is 2.72. The minimum atomic E-state index is -0.143. The van der Waals surface area contributed by atoms with E-state index in [1.54, 1.807) is 6.20 Å². The molecule has 0 saturated carbocycles. The summed E-state index contributed by atoms with van der Waals surface area (Å²) in [6, 6.07) is 1.81. The van der Waals surface area contributed by atoms with Gasteiger partial charge in [0, 0.05) is 18.9 Å². The van der Waals surface area contributed by atoms with Crippen LogP contribution in [0.25, 0.3) is 0 Å². The lowest BCUT2D eigenvalue weighted by Crippen LogP contribution is -2.26. The highest BCUT2D eigenvalue weighted by Crippen LogP contribution is 2.19. The molecular weight excluding hydrogens is 226 g/mol. The molecule has 1 aromatic rings. The Morgan fingerprint density at radius 3 is 2.83 bits per heavy atom. The molecule has 98 valence electrons. The highest BCUT2D eigenvalue weighted by atomic mass is 16.1. The van der Waals surface area contributed by atoms with Gasteiger partial charge in [0.25, 0.3) is 0 Å². The number of anilines is 1. The molecule has 1 amide bonds. The number of nitrogens with zero attached hydrogens (tertiary/aromatic N) is 2. The van der Waals surface area contributed by atoms with Gasteiger partial charge in [-0.15, -0.1) is 12.3 Å². The number of carbonyl (C=O) groups excluding carboxylic acids is 1. The van der Waals surface area contributed by atoms with Gasteiger partial charge in [0.05, 0.1) is 11.7 Å². The van der Waals surface area contributed by atoms with Gasteiger partial charge in [-0.05, 0) is 33.6 Å². The van der Waals surface area contributed by atoms with Gasteiger partial charge in [-0.1, -0.05) is 0 Å². The Bertz CT molecular complexity index is 435. The van der Waals surface area contributed by atoms with Crippen molar-refractivity contribution < 1.29 is 4.79 Å². The molecular formula is C14H21N3O. The first-order valence-corrected chi connectivity index (χ1v) is 6.23. The van der Waals surface area contributed by atoms with Crippen molar-refractivity contribution in [3.05, 3.63) is 12.3 Å². The van der Waals surface area contributed by atoms with Gasteiger partial charge in [-0.3, -0.25) is 4.79 Å². The first-order chi connectivity index (χ1) is 8.45. The zero-order valence-corrected chi connectivity index (χ0v) is 11.4. The number of carbonyl (C=O) groups is 1. The molecule has 0 aliphatic heterocycles. The van der Waals surface area contributed by atoms with E-state index in [4.69, 9.17) is 6.42 Å². The van der Waals surface area contributed by atoms with E-state index in [-0.39, 0.29) is 11.4 Å². The second-order valence-corrected chi connectivity index (χ2v) is 5.26. The molecule has 0 aliphatic carbocycles. The highest BCUT2D eigenvalue weighted by Gasteiger charge is 2.18. The van der Waals surface area contributed by atoms with Crippen molar-refractivity contribution in [3.8, 4) is 12.3 Å². The smallest absolute Gasteiger partial charge is 0.225 e. The summed E-state index contributed by atoms with van der Waals surface area (Å²) in [6.07, 6.45) is 9.79. The van der Waals surface area contributed by atoms with Gasteiger partial charge < -0.3 is 5.32 Å². The van der Waals surface area contributed by atoms with Gasteiger partial charge in [0.1, 0.15) is 5.82 Å². The zero-order chi connectivity index (χ0) is 13.6. The van der Waals surface area contributed by atoms with Gasteiger partial charge in [-0.25, -0.2) is 4.68 Å². The Morgan fingerprint density at radius 1 is 1.50 bits per heavy atom. The van der Waals surface area contributed by atoms with Crippen molar-refractivity contribution in [2.75, 3.05) is 5.32 Å². The lowest BCUT2D eigenvalue weighted by Gasteiger charge is -2.22. The van der Waals surface area contributed by atoms with Crippen LogP contribution >= 0.6 is 0 Å². The zero-order valence-electron chi connectivity index (χ0n) is 11.4. The predicted octanol–water partition coefficient (Wildman–Crippen LogP) is 2.77. The Kier molecular flexibility index (Phi) is 4.96. The average molecular weight is 247 g/mol. The number of unbranched alkanes of at least 4 members (excludes halogenated alkanes) is 2. The lowest BCUT2D eigenvalue weighted by atomic mass is 10.1. The van der Waals surface area contributed by atoms with E-state index in [0.717, 1.165) is 25.1 Å². The fourth-order valence-electron chi connectivity index (χ4n) is 1.65. The Hall–Kier alpha value is -1.76. The van der Waals surface area contributed by atoms with Crippen molar-refractivity contribution in [3.63, 3.8) is 0 Å². The van der Waals surface area contributed by atoms with Crippen LogP contribution in [0.3, 0.4) is 0 Å². The van der Waals surface area contributed by atoms with Crippen LogP contribution < -0.4 is 5.32 Å². The van der Waals surface area contributed by atoms with Crippen LogP contribution in [0.1, 0.15) is 46.5 Å². The number of hydrogen-bond donors (Lipinski definition) is 1. The highest BCUT2D eigenvalue weighted by molar-refractivity contribution is 5.89. The van der Waals surface area contributed by atoms with Crippen molar-refractivity contribution in [2.24, 2.45) is 0 Å². The summed E-state index contributed by atoms with van der Waals surface area (Å²) in [7, 11) is 0. The SMILES string of the molecule is C#CCCCCC(=O)Nc1ccnn1C(C)(C)C. The summed E-state index contributed by atoms with van der Waals surface area (Å²) in [6.45, 7) is 6.13. The molecule has 0 spiro atoms. The number of terminal acetylenes is 1. The molecule has 0 aliphatic rings. The monoisotopic (exact) mass is 247 g/mol. The van der Waals surface area contributed by atoms with Crippen LogP contribution in [0.2, 0.25) is 0 Å². The molecule has 1 N–H and O–H groups in total. The van der Waals surface area contributed by atoms with Crippen LogP contribution in [-0.4, -0.2) is 15.7 Å². The van der Waals surface area contributed by atoms with Crippen LogP contribution in [0.4, 0.5) is 5.82 Å². The molecule has 4 heteroatoms. The third-order valence-electron chi connectivity index (χ3n) is 2.52. The second-order valence-electron chi connectivity index (χ2n) is 5.26. The third kappa shape index (κ3) is 4.25.